The highest BCUT2D eigenvalue weighted by Crippen LogP contribution is 2.25. The summed E-state index contributed by atoms with van der Waals surface area (Å²) >= 11 is 0. The third kappa shape index (κ3) is 7.28. The van der Waals surface area contributed by atoms with Crippen molar-refractivity contribution < 1.29 is 0 Å². The molecular formula is C25H38N4. The first kappa shape index (κ1) is 23.1. The van der Waals surface area contributed by atoms with Crippen LogP contribution in [0.2, 0.25) is 0 Å². The van der Waals surface area contributed by atoms with Crippen LogP contribution in [0.15, 0.2) is 53.4 Å². The van der Waals surface area contributed by atoms with E-state index in [2.05, 4.69) is 47.3 Å². The highest BCUT2D eigenvalue weighted by Gasteiger charge is 2.20. The quantitative estimate of drug-likeness (QED) is 0.647. The summed E-state index contributed by atoms with van der Waals surface area (Å²) in [5.41, 5.74) is 6.60. The van der Waals surface area contributed by atoms with Gasteiger partial charge in [0.15, 0.2) is 0 Å². The average molecular weight is 395 g/mol. The van der Waals surface area contributed by atoms with Gasteiger partial charge in [0.05, 0.1) is 5.71 Å². The van der Waals surface area contributed by atoms with Crippen LogP contribution in [0, 0.1) is 18.3 Å². The number of aryl methyl sites for hydroxylation is 1. The molecule has 2 aliphatic heterocycles. The number of piperidine rings is 1. The minimum Gasteiger partial charge on any atom is -0.385 e. The van der Waals surface area contributed by atoms with Gasteiger partial charge in [0.2, 0.25) is 0 Å². The molecule has 0 aromatic carbocycles. The molecule has 29 heavy (non-hydrogen) atoms. The van der Waals surface area contributed by atoms with Gasteiger partial charge < -0.3 is 15.6 Å². The second kappa shape index (κ2) is 11.7. The van der Waals surface area contributed by atoms with Crippen LogP contribution in [0.4, 0.5) is 0 Å². The molecule has 0 amide bonds. The van der Waals surface area contributed by atoms with Gasteiger partial charge in [-0.2, -0.15) is 0 Å². The van der Waals surface area contributed by atoms with E-state index in [1.807, 2.05) is 32.9 Å². The van der Waals surface area contributed by atoms with Gasteiger partial charge in [-0.3, -0.25) is 4.98 Å². The molecule has 4 heteroatoms. The van der Waals surface area contributed by atoms with Gasteiger partial charge in [-0.15, -0.1) is 0 Å². The van der Waals surface area contributed by atoms with Crippen molar-refractivity contribution in [2.24, 2.45) is 5.92 Å². The Morgan fingerprint density at radius 3 is 2.66 bits per heavy atom. The molecule has 3 rings (SSSR count). The van der Waals surface area contributed by atoms with E-state index in [1.165, 1.54) is 29.7 Å². The van der Waals surface area contributed by atoms with Crippen LogP contribution in [0.3, 0.4) is 0 Å². The van der Waals surface area contributed by atoms with Crippen molar-refractivity contribution in [1.29, 1.82) is 5.41 Å². The fourth-order valence-electron chi connectivity index (χ4n) is 3.95. The third-order valence-corrected chi connectivity index (χ3v) is 5.67. The van der Waals surface area contributed by atoms with E-state index in [1.54, 1.807) is 6.20 Å². The van der Waals surface area contributed by atoms with E-state index in [4.69, 9.17) is 5.41 Å². The maximum Gasteiger partial charge on any atom is 0.0612 e. The van der Waals surface area contributed by atoms with Crippen LogP contribution < -0.4 is 5.32 Å². The number of aromatic nitrogens is 1. The van der Waals surface area contributed by atoms with Crippen molar-refractivity contribution in [1.82, 2.24) is 15.2 Å². The van der Waals surface area contributed by atoms with Crippen molar-refractivity contribution in [2.45, 2.75) is 53.9 Å². The Morgan fingerprint density at radius 1 is 1.28 bits per heavy atom. The molecule has 0 radical (unpaired) electrons. The molecule has 0 atom stereocenters. The molecule has 1 fully saturated rings. The molecule has 158 valence electrons. The Labute approximate surface area is 177 Å². The minimum absolute atomic E-state index is 0.598. The molecule has 1 aromatic heterocycles. The Balaban J connectivity index is 0.00000145. The molecule has 0 saturated carbocycles. The van der Waals surface area contributed by atoms with E-state index in [0.717, 1.165) is 43.9 Å². The predicted octanol–water partition coefficient (Wildman–Crippen LogP) is 5.27. The lowest BCUT2D eigenvalue weighted by atomic mass is 9.88. The molecule has 1 saturated heterocycles. The van der Waals surface area contributed by atoms with Crippen LogP contribution in [0.1, 0.15) is 58.2 Å². The largest absolute Gasteiger partial charge is 0.385 e. The number of nitrogens with zero attached hydrogens (tertiary/aromatic N) is 2. The summed E-state index contributed by atoms with van der Waals surface area (Å²) in [5.74, 6) is 0.602. The lowest BCUT2D eigenvalue weighted by molar-refractivity contribution is 0.201. The van der Waals surface area contributed by atoms with Gasteiger partial charge in [0, 0.05) is 36.2 Å². The Hall–Kier alpha value is -2.20. The van der Waals surface area contributed by atoms with E-state index >= 15 is 0 Å². The molecule has 0 spiro atoms. The summed E-state index contributed by atoms with van der Waals surface area (Å²) in [5, 5.41) is 11.7. The van der Waals surface area contributed by atoms with E-state index < -0.39 is 0 Å². The van der Waals surface area contributed by atoms with Crippen molar-refractivity contribution in [2.75, 3.05) is 26.2 Å². The molecule has 4 nitrogen and oxygen atoms in total. The number of hydrogen-bond acceptors (Lipinski definition) is 4. The Bertz CT molecular complexity index is 765. The number of pyridine rings is 1. The molecule has 2 N–H and O–H groups in total. The lowest BCUT2D eigenvalue weighted by Crippen LogP contribution is -2.35. The smallest absolute Gasteiger partial charge is 0.0612 e. The van der Waals surface area contributed by atoms with Crippen LogP contribution in [-0.4, -0.2) is 41.8 Å². The molecule has 0 unspecified atom stereocenters. The van der Waals surface area contributed by atoms with E-state index in [-0.39, 0.29) is 0 Å². The second-order valence-corrected chi connectivity index (χ2v) is 7.84. The van der Waals surface area contributed by atoms with Crippen LogP contribution in [0.5, 0.6) is 0 Å². The summed E-state index contributed by atoms with van der Waals surface area (Å²) < 4.78 is 0. The van der Waals surface area contributed by atoms with Gasteiger partial charge in [-0.05, 0) is 88.9 Å². The summed E-state index contributed by atoms with van der Waals surface area (Å²) in [6, 6.07) is 3.91. The maximum atomic E-state index is 8.38. The summed E-state index contributed by atoms with van der Waals surface area (Å²) in [7, 11) is 0. The molecule has 0 aliphatic carbocycles. The van der Waals surface area contributed by atoms with Gasteiger partial charge in [-0.25, -0.2) is 0 Å². The zero-order chi connectivity index (χ0) is 21.2. The van der Waals surface area contributed by atoms with Crippen LogP contribution in [-0.2, 0) is 0 Å². The highest BCUT2D eigenvalue weighted by atomic mass is 15.1. The van der Waals surface area contributed by atoms with Gasteiger partial charge in [0.25, 0.3) is 0 Å². The number of dihydropyridines is 1. The number of rotatable bonds is 6. The summed E-state index contributed by atoms with van der Waals surface area (Å²) in [4.78, 5) is 6.81. The first-order valence-electron chi connectivity index (χ1n) is 11.0. The Kier molecular flexibility index (Phi) is 9.33. The molecule has 0 bridgehead atoms. The zero-order valence-electron chi connectivity index (χ0n) is 18.9. The minimum atomic E-state index is 0.598. The van der Waals surface area contributed by atoms with Crippen molar-refractivity contribution in [3.8, 4) is 0 Å². The Morgan fingerprint density at radius 2 is 2.00 bits per heavy atom. The van der Waals surface area contributed by atoms with Gasteiger partial charge >= 0.3 is 0 Å². The van der Waals surface area contributed by atoms with Crippen molar-refractivity contribution >= 4 is 5.71 Å². The van der Waals surface area contributed by atoms with Crippen LogP contribution >= 0.6 is 0 Å². The van der Waals surface area contributed by atoms with E-state index in [9.17, 15) is 0 Å². The monoisotopic (exact) mass is 394 g/mol. The van der Waals surface area contributed by atoms with Gasteiger partial charge in [-0.1, -0.05) is 25.5 Å². The number of nitrogens with one attached hydrogen (secondary N) is 2. The topological polar surface area (TPSA) is 52.0 Å². The summed E-state index contributed by atoms with van der Waals surface area (Å²) in [6.45, 7) is 14.7. The fraction of sp³-hybridized carbons (Fsp3) is 0.520. The number of likely N-dealkylation sites (tertiary alicyclic amines) is 1. The SMILES string of the molecule is CC.CC1=CC(CCN2CCC(/C(C)=C/C(=N)c3ccnc(C)c3)CC2)=CCN1. The normalized spacial score (nSPS) is 18.2. The zero-order valence-corrected chi connectivity index (χ0v) is 18.9. The summed E-state index contributed by atoms with van der Waals surface area (Å²) in [6.07, 6.45) is 12.0. The first-order chi connectivity index (χ1) is 14.0. The maximum absolute atomic E-state index is 8.38. The third-order valence-electron chi connectivity index (χ3n) is 5.67. The highest BCUT2D eigenvalue weighted by molar-refractivity contribution is 6.06. The second-order valence-electron chi connectivity index (χ2n) is 7.84. The molecule has 2 aliphatic rings. The first-order valence-corrected chi connectivity index (χ1v) is 11.0. The fourth-order valence-corrected chi connectivity index (χ4v) is 3.95. The molecular weight excluding hydrogens is 356 g/mol. The predicted molar refractivity (Wildman–Crippen MR) is 125 cm³/mol. The number of hydrogen-bond donors (Lipinski definition) is 2. The number of allylic oxidation sites excluding steroid dienone is 4. The molecule has 1 aromatic rings. The standard InChI is InChI=1S/C23H32N4.C2H6/c1-17(14-23(24)22-5-10-26-19(3)16-22)21-7-12-27(13-8-21)11-6-20-4-9-25-18(2)15-20;1-2/h4-5,10,14-16,21,24-25H,6-9,11-13H2,1-3H3;1-2H3/b17-14+,24-23?;. The molecule has 3 heterocycles. The van der Waals surface area contributed by atoms with Crippen molar-refractivity contribution in [3.05, 3.63) is 64.7 Å². The van der Waals surface area contributed by atoms with E-state index in [0.29, 0.717) is 11.6 Å². The lowest BCUT2D eigenvalue weighted by Gasteiger charge is -2.32. The average Bonchev–Trinajstić information content (AvgIpc) is 2.74. The van der Waals surface area contributed by atoms with Gasteiger partial charge in [0.1, 0.15) is 0 Å². The van der Waals surface area contributed by atoms with Crippen molar-refractivity contribution in [3.63, 3.8) is 0 Å². The van der Waals surface area contributed by atoms with Crippen LogP contribution in [0.25, 0.3) is 0 Å².